The predicted octanol–water partition coefficient (Wildman–Crippen LogP) is 3.62. The summed E-state index contributed by atoms with van der Waals surface area (Å²) in [5, 5.41) is 5.75. The highest BCUT2D eigenvalue weighted by molar-refractivity contribution is 6.01. The lowest BCUT2D eigenvalue weighted by Gasteiger charge is -2.09. The highest BCUT2D eigenvalue weighted by Crippen LogP contribution is 2.20. The topological polar surface area (TPSA) is 74.0 Å². The molecule has 2 amide bonds. The number of carbonyl (C=O) groups excluding carboxylic acids is 1. The Morgan fingerprint density at radius 1 is 1.04 bits per heavy atom. The molecule has 6 heteroatoms. The molecule has 0 aliphatic heterocycles. The van der Waals surface area contributed by atoms with E-state index in [0.717, 1.165) is 11.6 Å². The van der Waals surface area contributed by atoms with Crippen molar-refractivity contribution < 1.29 is 9.18 Å². The second kappa shape index (κ2) is 5.92. The molecule has 3 aromatic rings. The molecule has 2 aromatic carbocycles. The normalized spacial score (nSPS) is 10.5. The van der Waals surface area contributed by atoms with Gasteiger partial charge in [0.15, 0.2) is 0 Å². The number of fused-ring (bicyclic) bond motifs is 1. The quantitative estimate of drug-likeness (QED) is 0.676. The van der Waals surface area contributed by atoms with Gasteiger partial charge < -0.3 is 15.6 Å². The molecule has 116 valence electrons. The van der Waals surface area contributed by atoms with Gasteiger partial charge in [-0.15, -0.1) is 0 Å². The summed E-state index contributed by atoms with van der Waals surface area (Å²) in [5.74, 6) is -0.606. The first-order valence-corrected chi connectivity index (χ1v) is 6.98. The van der Waals surface area contributed by atoms with Crippen molar-refractivity contribution >= 4 is 28.3 Å². The van der Waals surface area contributed by atoms with Crippen LogP contribution < -0.4 is 16.2 Å². The Hall–Kier alpha value is -3.15. The van der Waals surface area contributed by atoms with Crippen molar-refractivity contribution in [3.8, 4) is 0 Å². The predicted molar refractivity (Wildman–Crippen MR) is 88.3 cm³/mol. The number of pyridine rings is 1. The van der Waals surface area contributed by atoms with E-state index in [0.29, 0.717) is 16.8 Å². The number of aryl methyl sites for hydroxylation is 1. The SMILES string of the molecule is Cc1cccc(NC(=O)Nc2cc(F)c3[nH]c(=O)ccc3c2)c1. The van der Waals surface area contributed by atoms with Crippen LogP contribution in [0.25, 0.3) is 10.9 Å². The zero-order chi connectivity index (χ0) is 16.4. The monoisotopic (exact) mass is 311 g/mol. The summed E-state index contributed by atoms with van der Waals surface area (Å²) in [6.45, 7) is 1.92. The molecule has 1 heterocycles. The molecule has 3 rings (SSSR count). The summed E-state index contributed by atoms with van der Waals surface area (Å²) in [4.78, 5) is 25.6. The number of rotatable bonds is 2. The third-order valence-corrected chi connectivity index (χ3v) is 3.32. The third kappa shape index (κ3) is 3.37. The molecule has 0 bridgehead atoms. The molecular weight excluding hydrogens is 297 g/mol. The number of aromatic amines is 1. The molecular formula is C17H14FN3O2. The van der Waals surface area contributed by atoms with Crippen molar-refractivity contribution in [2.45, 2.75) is 6.92 Å². The van der Waals surface area contributed by atoms with Crippen molar-refractivity contribution in [2.24, 2.45) is 0 Å². The maximum atomic E-state index is 14.0. The maximum absolute atomic E-state index is 14.0. The van der Waals surface area contributed by atoms with E-state index in [4.69, 9.17) is 0 Å². The zero-order valence-electron chi connectivity index (χ0n) is 12.3. The zero-order valence-corrected chi connectivity index (χ0v) is 12.3. The second-order valence-electron chi connectivity index (χ2n) is 5.19. The van der Waals surface area contributed by atoms with Crippen LogP contribution in [-0.2, 0) is 0 Å². The Kier molecular flexibility index (Phi) is 3.80. The molecule has 23 heavy (non-hydrogen) atoms. The van der Waals surface area contributed by atoms with Crippen molar-refractivity contribution in [3.63, 3.8) is 0 Å². The Labute approximate surface area is 131 Å². The van der Waals surface area contributed by atoms with Gasteiger partial charge in [-0.2, -0.15) is 0 Å². The number of anilines is 2. The van der Waals surface area contributed by atoms with Crippen LogP contribution in [-0.4, -0.2) is 11.0 Å². The van der Waals surface area contributed by atoms with Crippen LogP contribution in [0.4, 0.5) is 20.6 Å². The maximum Gasteiger partial charge on any atom is 0.323 e. The molecule has 0 aliphatic carbocycles. The largest absolute Gasteiger partial charge is 0.323 e. The van der Waals surface area contributed by atoms with Gasteiger partial charge in [-0.25, -0.2) is 9.18 Å². The third-order valence-electron chi connectivity index (χ3n) is 3.32. The number of nitrogens with one attached hydrogen (secondary N) is 3. The van der Waals surface area contributed by atoms with Gasteiger partial charge in [-0.3, -0.25) is 4.79 Å². The van der Waals surface area contributed by atoms with Crippen LogP contribution in [0.1, 0.15) is 5.56 Å². The van der Waals surface area contributed by atoms with Gasteiger partial charge in [0, 0.05) is 22.8 Å². The van der Waals surface area contributed by atoms with Crippen LogP contribution in [0.5, 0.6) is 0 Å². The summed E-state index contributed by atoms with van der Waals surface area (Å²) >= 11 is 0. The summed E-state index contributed by atoms with van der Waals surface area (Å²) in [6, 6.07) is 12.4. The fourth-order valence-corrected chi connectivity index (χ4v) is 2.31. The molecule has 0 unspecified atom stereocenters. The molecule has 5 nitrogen and oxygen atoms in total. The summed E-state index contributed by atoms with van der Waals surface area (Å²) in [5.41, 5.74) is 1.69. The first kappa shape index (κ1) is 14.8. The summed E-state index contributed by atoms with van der Waals surface area (Å²) < 4.78 is 14.0. The van der Waals surface area contributed by atoms with Gasteiger partial charge in [-0.1, -0.05) is 12.1 Å². The van der Waals surface area contributed by atoms with E-state index in [-0.39, 0.29) is 11.1 Å². The second-order valence-corrected chi connectivity index (χ2v) is 5.19. The minimum absolute atomic E-state index is 0.113. The van der Waals surface area contributed by atoms with E-state index < -0.39 is 11.8 Å². The fourth-order valence-electron chi connectivity index (χ4n) is 2.31. The molecule has 1 aromatic heterocycles. The molecule has 0 aliphatic rings. The van der Waals surface area contributed by atoms with Crippen molar-refractivity contribution in [1.82, 2.24) is 4.98 Å². The van der Waals surface area contributed by atoms with E-state index >= 15 is 0 Å². The number of hydrogen-bond donors (Lipinski definition) is 3. The molecule has 0 radical (unpaired) electrons. The number of urea groups is 1. The number of benzene rings is 2. The lowest BCUT2D eigenvalue weighted by atomic mass is 10.2. The lowest BCUT2D eigenvalue weighted by Crippen LogP contribution is -2.19. The number of H-pyrrole nitrogens is 1. The van der Waals surface area contributed by atoms with Crippen LogP contribution in [0, 0.1) is 12.7 Å². The molecule has 3 N–H and O–H groups in total. The number of halogens is 1. The Morgan fingerprint density at radius 3 is 2.61 bits per heavy atom. The molecule has 0 spiro atoms. The average Bonchev–Trinajstić information content (AvgIpc) is 2.48. The number of hydrogen-bond acceptors (Lipinski definition) is 2. The number of carbonyl (C=O) groups is 1. The summed E-state index contributed by atoms with van der Waals surface area (Å²) in [6.07, 6.45) is 0. The smallest absolute Gasteiger partial charge is 0.319 e. The van der Waals surface area contributed by atoms with E-state index in [9.17, 15) is 14.0 Å². The Bertz CT molecular complexity index is 950. The minimum atomic E-state index is -0.606. The molecule has 0 saturated heterocycles. The lowest BCUT2D eigenvalue weighted by molar-refractivity contribution is 0.262. The number of aromatic nitrogens is 1. The van der Waals surface area contributed by atoms with E-state index in [1.807, 2.05) is 25.1 Å². The number of amides is 2. The van der Waals surface area contributed by atoms with Gasteiger partial charge in [0.2, 0.25) is 5.56 Å². The van der Waals surface area contributed by atoms with E-state index in [1.54, 1.807) is 12.1 Å². The van der Waals surface area contributed by atoms with Gasteiger partial charge in [0.05, 0.1) is 5.52 Å². The summed E-state index contributed by atoms with van der Waals surface area (Å²) in [7, 11) is 0. The van der Waals surface area contributed by atoms with Crippen molar-refractivity contribution in [2.75, 3.05) is 10.6 Å². The first-order chi connectivity index (χ1) is 11.0. The molecule has 0 atom stereocenters. The van der Waals surface area contributed by atoms with Gasteiger partial charge >= 0.3 is 6.03 Å². The highest BCUT2D eigenvalue weighted by Gasteiger charge is 2.08. The highest BCUT2D eigenvalue weighted by atomic mass is 19.1. The Morgan fingerprint density at radius 2 is 1.83 bits per heavy atom. The fraction of sp³-hybridized carbons (Fsp3) is 0.0588. The average molecular weight is 311 g/mol. The van der Waals surface area contributed by atoms with Gasteiger partial charge in [0.1, 0.15) is 5.82 Å². The Balaban J connectivity index is 1.82. The van der Waals surface area contributed by atoms with Gasteiger partial charge in [-0.05, 0) is 42.8 Å². The molecule has 0 fully saturated rings. The van der Waals surface area contributed by atoms with Crippen LogP contribution in [0.2, 0.25) is 0 Å². The first-order valence-electron chi connectivity index (χ1n) is 6.98. The van der Waals surface area contributed by atoms with E-state index in [1.165, 1.54) is 12.1 Å². The standard InChI is InChI=1S/C17H14FN3O2/c1-10-3-2-4-12(7-10)19-17(23)20-13-8-11-5-6-15(22)21-16(11)14(18)9-13/h2-9H,1H3,(H,21,22)(H2,19,20,23). The van der Waals surface area contributed by atoms with Crippen molar-refractivity contribution in [3.05, 3.63) is 70.3 Å². The van der Waals surface area contributed by atoms with Crippen molar-refractivity contribution in [1.29, 1.82) is 0 Å². The van der Waals surface area contributed by atoms with Crippen LogP contribution in [0.15, 0.2) is 53.3 Å². The van der Waals surface area contributed by atoms with Gasteiger partial charge in [0.25, 0.3) is 0 Å². The minimum Gasteiger partial charge on any atom is -0.319 e. The van der Waals surface area contributed by atoms with Crippen LogP contribution in [0.3, 0.4) is 0 Å². The van der Waals surface area contributed by atoms with E-state index in [2.05, 4.69) is 15.6 Å². The molecule has 0 saturated carbocycles. The van der Waals surface area contributed by atoms with Crippen LogP contribution >= 0.6 is 0 Å².